The molecule has 1 aromatic heterocycles. The first kappa shape index (κ1) is 8.66. The van der Waals surface area contributed by atoms with E-state index in [0.29, 0.717) is 12.3 Å². The van der Waals surface area contributed by atoms with Gasteiger partial charge in [-0.05, 0) is 6.92 Å². The van der Waals surface area contributed by atoms with Crippen LogP contribution in [0.2, 0.25) is 0 Å². The molecular formula is C6H10N4O2. The SMILES string of the molecule is CC(N)Cc1nc(C(N)=O)no1. The molecule has 1 amide bonds. The first-order valence-corrected chi connectivity index (χ1v) is 3.47. The summed E-state index contributed by atoms with van der Waals surface area (Å²) in [7, 11) is 0. The maximum Gasteiger partial charge on any atom is 0.290 e. The molecule has 6 heteroatoms. The predicted octanol–water partition coefficient (Wildman–Crippen LogP) is -0.942. The second kappa shape index (κ2) is 3.31. The van der Waals surface area contributed by atoms with E-state index in [9.17, 15) is 4.79 Å². The van der Waals surface area contributed by atoms with Gasteiger partial charge in [-0.25, -0.2) is 0 Å². The van der Waals surface area contributed by atoms with Crippen molar-refractivity contribution >= 4 is 5.91 Å². The summed E-state index contributed by atoms with van der Waals surface area (Å²) in [6.07, 6.45) is 0.445. The van der Waals surface area contributed by atoms with Crippen molar-refractivity contribution in [3.05, 3.63) is 11.7 Å². The van der Waals surface area contributed by atoms with E-state index in [4.69, 9.17) is 16.0 Å². The molecule has 0 aliphatic rings. The fraction of sp³-hybridized carbons (Fsp3) is 0.500. The molecule has 0 bridgehead atoms. The molecule has 1 rings (SSSR count). The molecule has 0 aromatic carbocycles. The van der Waals surface area contributed by atoms with Crippen LogP contribution in [0, 0.1) is 0 Å². The molecular weight excluding hydrogens is 160 g/mol. The molecule has 1 heterocycles. The van der Waals surface area contributed by atoms with Gasteiger partial charge < -0.3 is 16.0 Å². The summed E-state index contributed by atoms with van der Waals surface area (Å²) in [5.41, 5.74) is 10.4. The first-order valence-electron chi connectivity index (χ1n) is 3.47. The Morgan fingerprint density at radius 1 is 1.75 bits per heavy atom. The molecule has 1 atom stereocenters. The maximum atomic E-state index is 10.5. The van der Waals surface area contributed by atoms with Crippen molar-refractivity contribution in [1.82, 2.24) is 10.1 Å². The molecule has 0 saturated heterocycles. The number of hydrogen-bond acceptors (Lipinski definition) is 5. The Morgan fingerprint density at radius 2 is 2.42 bits per heavy atom. The van der Waals surface area contributed by atoms with Gasteiger partial charge in [0, 0.05) is 12.5 Å². The van der Waals surface area contributed by atoms with Gasteiger partial charge in [-0.15, -0.1) is 0 Å². The topological polar surface area (TPSA) is 108 Å². The predicted molar refractivity (Wildman–Crippen MR) is 40.2 cm³/mol. The minimum Gasteiger partial charge on any atom is -0.363 e. The Balaban J connectivity index is 2.71. The van der Waals surface area contributed by atoms with Crippen molar-refractivity contribution in [2.45, 2.75) is 19.4 Å². The molecule has 0 aliphatic heterocycles. The van der Waals surface area contributed by atoms with Crippen LogP contribution >= 0.6 is 0 Å². The number of hydrogen-bond donors (Lipinski definition) is 2. The fourth-order valence-corrected chi connectivity index (χ4v) is 0.713. The van der Waals surface area contributed by atoms with Crippen molar-refractivity contribution in [1.29, 1.82) is 0 Å². The lowest BCUT2D eigenvalue weighted by molar-refractivity contribution is 0.0987. The standard InChI is InChI=1S/C6H10N4O2/c1-3(7)2-4-9-6(5(8)11)10-12-4/h3H,2,7H2,1H3,(H2,8,11). The Morgan fingerprint density at radius 3 is 2.83 bits per heavy atom. The molecule has 4 N–H and O–H groups in total. The van der Waals surface area contributed by atoms with Crippen molar-refractivity contribution in [2.24, 2.45) is 11.5 Å². The fourth-order valence-electron chi connectivity index (χ4n) is 0.713. The van der Waals surface area contributed by atoms with Gasteiger partial charge in [-0.2, -0.15) is 4.98 Å². The zero-order valence-electron chi connectivity index (χ0n) is 6.65. The van der Waals surface area contributed by atoms with E-state index in [1.807, 2.05) is 0 Å². The molecule has 0 spiro atoms. The Kier molecular flexibility index (Phi) is 2.39. The summed E-state index contributed by atoms with van der Waals surface area (Å²) in [6, 6.07) is -0.0776. The Bertz CT molecular complexity index is 281. The quantitative estimate of drug-likeness (QED) is 0.608. The largest absolute Gasteiger partial charge is 0.363 e. The monoisotopic (exact) mass is 170 g/mol. The van der Waals surface area contributed by atoms with Gasteiger partial charge in [0.2, 0.25) is 5.89 Å². The van der Waals surface area contributed by atoms with Gasteiger partial charge in [0.25, 0.3) is 11.7 Å². The average molecular weight is 170 g/mol. The van der Waals surface area contributed by atoms with E-state index in [0.717, 1.165) is 0 Å². The highest BCUT2D eigenvalue weighted by atomic mass is 16.5. The summed E-state index contributed by atoms with van der Waals surface area (Å²) in [5.74, 6) is -0.473. The van der Waals surface area contributed by atoms with Crippen molar-refractivity contribution < 1.29 is 9.32 Å². The van der Waals surface area contributed by atoms with Crippen LogP contribution in [0.3, 0.4) is 0 Å². The van der Waals surface area contributed by atoms with E-state index in [1.165, 1.54) is 0 Å². The normalized spacial score (nSPS) is 12.8. The maximum absolute atomic E-state index is 10.5. The highest BCUT2D eigenvalue weighted by Crippen LogP contribution is 1.98. The minimum atomic E-state index is -0.699. The number of rotatable bonds is 3. The second-order valence-corrected chi connectivity index (χ2v) is 2.56. The van der Waals surface area contributed by atoms with Crippen LogP contribution in [0.4, 0.5) is 0 Å². The smallest absolute Gasteiger partial charge is 0.290 e. The van der Waals surface area contributed by atoms with Crippen molar-refractivity contribution in [3.8, 4) is 0 Å². The minimum absolute atomic E-state index is 0.0776. The van der Waals surface area contributed by atoms with Crippen LogP contribution < -0.4 is 11.5 Å². The van der Waals surface area contributed by atoms with Crippen LogP contribution in [-0.4, -0.2) is 22.1 Å². The van der Waals surface area contributed by atoms with E-state index in [2.05, 4.69) is 10.1 Å². The number of aromatic nitrogens is 2. The number of carbonyl (C=O) groups is 1. The average Bonchev–Trinajstić information content (AvgIpc) is 2.34. The summed E-state index contributed by atoms with van der Waals surface area (Å²) in [4.78, 5) is 14.2. The third-order valence-corrected chi connectivity index (χ3v) is 1.19. The summed E-state index contributed by atoms with van der Waals surface area (Å²) >= 11 is 0. The Labute approximate surface area is 68.9 Å². The summed E-state index contributed by atoms with van der Waals surface area (Å²) in [6.45, 7) is 1.80. The van der Waals surface area contributed by atoms with Crippen LogP contribution in [-0.2, 0) is 6.42 Å². The molecule has 66 valence electrons. The number of nitrogens with zero attached hydrogens (tertiary/aromatic N) is 2. The highest BCUT2D eigenvalue weighted by Gasteiger charge is 2.11. The lowest BCUT2D eigenvalue weighted by atomic mass is 10.2. The lowest BCUT2D eigenvalue weighted by Gasteiger charge is -1.96. The van der Waals surface area contributed by atoms with E-state index in [1.54, 1.807) is 6.92 Å². The zero-order valence-corrected chi connectivity index (χ0v) is 6.65. The number of primary amides is 1. The third kappa shape index (κ3) is 2.03. The lowest BCUT2D eigenvalue weighted by Crippen LogP contribution is -2.18. The summed E-state index contributed by atoms with van der Waals surface area (Å²) < 4.78 is 4.69. The molecule has 1 unspecified atom stereocenters. The third-order valence-electron chi connectivity index (χ3n) is 1.19. The van der Waals surface area contributed by atoms with Crippen LogP contribution in [0.5, 0.6) is 0 Å². The van der Waals surface area contributed by atoms with Gasteiger partial charge in [0.1, 0.15) is 0 Å². The van der Waals surface area contributed by atoms with Crippen molar-refractivity contribution in [2.75, 3.05) is 0 Å². The highest BCUT2D eigenvalue weighted by molar-refractivity contribution is 5.88. The van der Waals surface area contributed by atoms with Crippen LogP contribution in [0.1, 0.15) is 23.4 Å². The van der Waals surface area contributed by atoms with Crippen LogP contribution in [0.15, 0.2) is 4.52 Å². The molecule has 1 aromatic rings. The van der Waals surface area contributed by atoms with Gasteiger partial charge >= 0.3 is 0 Å². The zero-order chi connectivity index (χ0) is 9.14. The molecule has 6 nitrogen and oxygen atoms in total. The van der Waals surface area contributed by atoms with Gasteiger partial charge in [0.05, 0.1) is 0 Å². The van der Waals surface area contributed by atoms with E-state index < -0.39 is 5.91 Å². The van der Waals surface area contributed by atoms with Gasteiger partial charge in [0.15, 0.2) is 0 Å². The first-order chi connectivity index (χ1) is 5.59. The van der Waals surface area contributed by atoms with Gasteiger partial charge in [-0.3, -0.25) is 4.79 Å². The number of nitrogens with two attached hydrogens (primary N) is 2. The van der Waals surface area contributed by atoms with Gasteiger partial charge in [-0.1, -0.05) is 5.16 Å². The van der Waals surface area contributed by atoms with E-state index >= 15 is 0 Å². The molecule has 12 heavy (non-hydrogen) atoms. The number of amides is 1. The molecule has 0 aliphatic carbocycles. The summed E-state index contributed by atoms with van der Waals surface area (Å²) in [5, 5.41) is 3.35. The van der Waals surface area contributed by atoms with E-state index in [-0.39, 0.29) is 11.9 Å². The van der Waals surface area contributed by atoms with Crippen molar-refractivity contribution in [3.63, 3.8) is 0 Å². The second-order valence-electron chi connectivity index (χ2n) is 2.56. The molecule has 0 fully saturated rings. The Hall–Kier alpha value is -1.43. The molecule has 0 saturated carbocycles. The van der Waals surface area contributed by atoms with Crippen LogP contribution in [0.25, 0.3) is 0 Å². The molecule has 0 radical (unpaired) electrons. The number of carbonyl (C=O) groups excluding carboxylic acids is 1.